The van der Waals surface area contributed by atoms with Gasteiger partial charge in [0.25, 0.3) is 0 Å². The van der Waals surface area contributed by atoms with Gasteiger partial charge in [-0.2, -0.15) is 15.8 Å². The Bertz CT molecular complexity index is 600. The fourth-order valence-corrected chi connectivity index (χ4v) is 1.31. The van der Waals surface area contributed by atoms with Crippen LogP contribution in [0.3, 0.4) is 0 Å². The molecular formula is C12H7ClN4O. The van der Waals surface area contributed by atoms with Crippen molar-refractivity contribution < 1.29 is 4.74 Å². The number of nitriles is 3. The van der Waals surface area contributed by atoms with Gasteiger partial charge in [-0.3, -0.25) is 0 Å². The zero-order valence-corrected chi connectivity index (χ0v) is 10.1. The maximum atomic E-state index is 8.89. The van der Waals surface area contributed by atoms with Crippen molar-refractivity contribution in [1.82, 2.24) is 0 Å². The van der Waals surface area contributed by atoms with Crippen molar-refractivity contribution in [3.05, 3.63) is 34.5 Å². The molecule has 1 N–H and O–H groups in total. The Hall–Kier alpha value is -2.68. The van der Waals surface area contributed by atoms with Crippen LogP contribution in [0.4, 0.5) is 5.69 Å². The van der Waals surface area contributed by atoms with E-state index in [0.717, 1.165) is 0 Å². The van der Waals surface area contributed by atoms with Crippen LogP contribution in [0.1, 0.15) is 0 Å². The third-order valence-corrected chi connectivity index (χ3v) is 2.35. The Morgan fingerprint density at radius 1 is 1.22 bits per heavy atom. The average Bonchev–Trinajstić information content (AvgIpc) is 2.40. The van der Waals surface area contributed by atoms with Gasteiger partial charge >= 0.3 is 0 Å². The molecule has 0 aromatic heterocycles. The average molecular weight is 259 g/mol. The fourth-order valence-electron chi connectivity index (χ4n) is 1.14. The van der Waals surface area contributed by atoms with Crippen LogP contribution in [0.2, 0.25) is 5.02 Å². The summed E-state index contributed by atoms with van der Waals surface area (Å²) in [4.78, 5) is 0. The van der Waals surface area contributed by atoms with Crippen LogP contribution >= 0.6 is 11.6 Å². The standard InChI is InChI=1S/C12H7ClN4O/c1-18-9-2-3-10(13)11(4-9)17-12(7-16)8(5-14)6-15/h2-4,17H,1H3. The summed E-state index contributed by atoms with van der Waals surface area (Å²) < 4.78 is 5.01. The first-order valence-electron chi connectivity index (χ1n) is 4.71. The van der Waals surface area contributed by atoms with Crippen molar-refractivity contribution >= 4 is 17.3 Å². The van der Waals surface area contributed by atoms with Crippen LogP contribution in [0, 0.1) is 34.0 Å². The number of hydrogen-bond donors (Lipinski definition) is 1. The second-order valence-corrected chi connectivity index (χ2v) is 3.46. The van der Waals surface area contributed by atoms with Crippen LogP contribution in [0.25, 0.3) is 0 Å². The van der Waals surface area contributed by atoms with Crippen molar-refractivity contribution in [2.75, 3.05) is 12.4 Å². The minimum atomic E-state index is -0.309. The molecular weight excluding hydrogens is 252 g/mol. The van der Waals surface area contributed by atoms with E-state index in [1.807, 2.05) is 0 Å². The summed E-state index contributed by atoms with van der Waals surface area (Å²) in [6.45, 7) is 0. The highest BCUT2D eigenvalue weighted by atomic mass is 35.5. The molecule has 0 amide bonds. The minimum absolute atomic E-state index is 0.157. The quantitative estimate of drug-likeness (QED) is 0.841. The molecule has 0 aliphatic rings. The summed E-state index contributed by atoms with van der Waals surface area (Å²) in [6.07, 6.45) is 0. The number of nitrogens with zero attached hydrogens (tertiary/aromatic N) is 3. The number of ether oxygens (including phenoxy) is 1. The molecule has 0 unspecified atom stereocenters. The lowest BCUT2D eigenvalue weighted by Crippen LogP contribution is -2.01. The zero-order chi connectivity index (χ0) is 13.5. The van der Waals surface area contributed by atoms with Crippen LogP contribution in [-0.2, 0) is 0 Å². The topological polar surface area (TPSA) is 92.6 Å². The third kappa shape index (κ3) is 2.92. The van der Waals surface area contributed by atoms with Crippen LogP contribution in [0.5, 0.6) is 5.75 Å². The SMILES string of the molecule is COc1ccc(Cl)c(NC(C#N)=C(C#N)C#N)c1. The number of rotatable bonds is 3. The first-order chi connectivity index (χ1) is 8.65. The van der Waals surface area contributed by atoms with Gasteiger partial charge in [0, 0.05) is 6.07 Å². The highest BCUT2D eigenvalue weighted by Crippen LogP contribution is 2.28. The number of hydrogen-bond acceptors (Lipinski definition) is 5. The summed E-state index contributed by atoms with van der Waals surface area (Å²) in [5, 5.41) is 29.3. The number of methoxy groups -OCH3 is 1. The lowest BCUT2D eigenvalue weighted by molar-refractivity contribution is 0.415. The number of nitrogens with one attached hydrogen (secondary N) is 1. The summed E-state index contributed by atoms with van der Waals surface area (Å²) in [5.41, 5.74) is -0.0814. The Balaban J connectivity index is 3.20. The van der Waals surface area contributed by atoms with E-state index in [2.05, 4.69) is 5.32 Å². The second kappa shape index (κ2) is 6.15. The molecule has 1 aromatic carbocycles. The van der Waals surface area contributed by atoms with Crippen molar-refractivity contribution in [1.29, 1.82) is 15.8 Å². The monoisotopic (exact) mass is 258 g/mol. The van der Waals surface area contributed by atoms with Gasteiger partial charge in [0.05, 0.1) is 17.8 Å². The molecule has 1 rings (SSSR count). The first kappa shape index (κ1) is 13.4. The van der Waals surface area contributed by atoms with Gasteiger partial charge in [-0.05, 0) is 12.1 Å². The van der Waals surface area contributed by atoms with E-state index in [9.17, 15) is 0 Å². The van der Waals surface area contributed by atoms with Gasteiger partial charge in [0.1, 0.15) is 29.7 Å². The van der Waals surface area contributed by atoms with Crippen LogP contribution in [-0.4, -0.2) is 7.11 Å². The van der Waals surface area contributed by atoms with E-state index in [-0.39, 0.29) is 11.3 Å². The summed E-state index contributed by atoms with van der Waals surface area (Å²) in [6, 6.07) is 9.79. The highest BCUT2D eigenvalue weighted by molar-refractivity contribution is 6.33. The van der Waals surface area contributed by atoms with Gasteiger partial charge in [0.2, 0.25) is 0 Å². The Morgan fingerprint density at radius 3 is 2.39 bits per heavy atom. The van der Waals surface area contributed by atoms with E-state index >= 15 is 0 Å². The van der Waals surface area contributed by atoms with E-state index in [4.69, 9.17) is 32.1 Å². The molecule has 0 atom stereocenters. The molecule has 0 spiro atoms. The molecule has 5 nitrogen and oxygen atoms in total. The number of anilines is 1. The maximum Gasteiger partial charge on any atom is 0.163 e. The maximum absolute atomic E-state index is 8.89. The Morgan fingerprint density at radius 2 is 1.89 bits per heavy atom. The van der Waals surface area contributed by atoms with Gasteiger partial charge in [0.15, 0.2) is 5.57 Å². The fraction of sp³-hybridized carbons (Fsp3) is 0.0833. The minimum Gasteiger partial charge on any atom is -0.497 e. The number of allylic oxidation sites excluding steroid dienone is 2. The normalized spacial score (nSPS) is 8.39. The molecule has 18 heavy (non-hydrogen) atoms. The van der Waals surface area contributed by atoms with Gasteiger partial charge < -0.3 is 10.1 Å². The zero-order valence-electron chi connectivity index (χ0n) is 9.36. The molecule has 0 radical (unpaired) electrons. The largest absolute Gasteiger partial charge is 0.497 e. The molecule has 0 aliphatic heterocycles. The highest BCUT2D eigenvalue weighted by Gasteiger charge is 2.09. The van der Waals surface area contributed by atoms with E-state index in [1.165, 1.54) is 7.11 Å². The van der Waals surface area contributed by atoms with E-state index in [1.54, 1.807) is 36.4 Å². The van der Waals surface area contributed by atoms with Crippen LogP contribution < -0.4 is 10.1 Å². The molecule has 0 saturated heterocycles. The van der Waals surface area contributed by atoms with Gasteiger partial charge in [-0.15, -0.1) is 0 Å². The summed E-state index contributed by atoms with van der Waals surface area (Å²) in [7, 11) is 1.49. The lowest BCUT2D eigenvalue weighted by Gasteiger charge is -2.08. The predicted molar refractivity (Wildman–Crippen MR) is 65.5 cm³/mol. The molecule has 0 heterocycles. The Kier molecular flexibility index (Phi) is 4.58. The van der Waals surface area contributed by atoms with Gasteiger partial charge in [-0.1, -0.05) is 11.6 Å². The molecule has 0 saturated carbocycles. The number of halogens is 1. The van der Waals surface area contributed by atoms with Crippen molar-refractivity contribution in [3.63, 3.8) is 0 Å². The summed E-state index contributed by atoms with van der Waals surface area (Å²) in [5.74, 6) is 0.537. The molecule has 88 valence electrons. The van der Waals surface area contributed by atoms with Crippen molar-refractivity contribution in [2.45, 2.75) is 0 Å². The smallest absolute Gasteiger partial charge is 0.163 e. The lowest BCUT2D eigenvalue weighted by atomic mass is 10.2. The second-order valence-electron chi connectivity index (χ2n) is 3.06. The van der Waals surface area contributed by atoms with Crippen LogP contribution in [0.15, 0.2) is 29.5 Å². The van der Waals surface area contributed by atoms with Crippen molar-refractivity contribution in [3.8, 4) is 24.0 Å². The first-order valence-corrected chi connectivity index (χ1v) is 5.09. The van der Waals surface area contributed by atoms with E-state index in [0.29, 0.717) is 16.5 Å². The molecule has 0 bridgehead atoms. The van der Waals surface area contributed by atoms with E-state index < -0.39 is 0 Å². The Labute approximate surface area is 109 Å². The molecule has 0 aliphatic carbocycles. The number of benzene rings is 1. The summed E-state index contributed by atoms with van der Waals surface area (Å²) >= 11 is 5.93. The molecule has 6 heteroatoms. The molecule has 1 aromatic rings. The third-order valence-electron chi connectivity index (χ3n) is 2.02. The van der Waals surface area contributed by atoms with Crippen molar-refractivity contribution in [2.24, 2.45) is 0 Å². The predicted octanol–water partition coefficient (Wildman–Crippen LogP) is 2.59. The van der Waals surface area contributed by atoms with Gasteiger partial charge in [-0.25, -0.2) is 0 Å². The molecule has 0 fully saturated rings.